The molecule has 0 atom stereocenters. The molecule has 2 aromatic rings. The minimum absolute atomic E-state index is 0.181. The second-order valence-electron chi connectivity index (χ2n) is 6.78. The number of amides is 2. The summed E-state index contributed by atoms with van der Waals surface area (Å²) < 4.78 is 5.04. The molecule has 1 saturated heterocycles. The van der Waals surface area contributed by atoms with E-state index in [9.17, 15) is 9.59 Å². The first kappa shape index (κ1) is 19.7. The van der Waals surface area contributed by atoms with Crippen LogP contribution in [0.25, 0.3) is 0 Å². The quantitative estimate of drug-likeness (QED) is 0.879. The first-order valence-corrected chi connectivity index (χ1v) is 9.50. The summed E-state index contributed by atoms with van der Waals surface area (Å²) in [4.78, 5) is 32.5. The Morgan fingerprint density at radius 1 is 1.11 bits per heavy atom. The van der Waals surface area contributed by atoms with Gasteiger partial charge in [-0.15, -0.1) is 0 Å². The number of nitrogens with one attached hydrogen (secondary N) is 1. The lowest BCUT2D eigenvalue weighted by Crippen LogP contribution is -2.49. The second-order valence-corrected chi connectivity index (χ2v) is 6.78. The number of aromatic nitrogens is 1. The van der Waals surface area contributed by atoms with Crippen molar-refractivity contribution in [2.75, 3.05) is 43.0 Å². The van der Waals surface area contributed by atoms with Crippen molar-refractivity contribution in [3.8, 4) is 0 Å². The van der Waals surface area contributed by atoms with Crippen molar-refractivity contribution in [1.82, 2.24) is 9.88 Å². The maximum atomic E-state index is 12.5. The van der Waals surface area contributed by atoms with Gasteiger partial charge in [0.2, 0.25) is 0 Å². The molecule has 7 nitrogen and oxygen atoms in total. The molecule has 1 aromatic carbocycles. The monoisotopic (exact) mass is 382 g/mol. The van der Waals surface area contributed by atoms with Gasteiger partial charge in [0.15, 0.2) is 0 Å². The molecule has 148 valence electrons. The number of nitrogens with zero attached hydrogens (tertiary/aromatic N) is 3. The summed E-state index contributed by atoms with van der Waals surface area (Å²) in [5.74, 6) is 0.617. The van der Waals surface area contributed by atoms with Gasteiger partial charge in [0.1, 0.15) is 5.82 Å². The molecular weight excluding hydrogens is 356 g/mol. The summed E-state index contributed by atoms with van der Waals surface area (Å²) in [5.41, 5.74) is 3.51. The highest BCUT2D eigenvalue weighted by molar-refractivity contribution is 6.04. The number of carbonyl (C=O) groups is 2. The topological polar surface area (TPSA) is 74.8 Å². The number of piperazine rings is 1. The van der Waals surface area contributed by atoms with Gasteiger partial charge in [0, 0.05) is 38.1 Å². The van der Waals surface area contributed by atoms with Gasteiger partial charge >= 0.3 is 6.09 Å². The Balaban J connectivity index is 1.60. The van der Waals surface area contributed by atoms with Crippen LogP contribution in [0.5, 0.6) is 0 Å². The highest BCUT2D eigenvalue weighted by Gasteiger charge is 2.22. The van der Waals surface area contributed by atoms with Crippen molar-refractivity contribution in [1.29, 1.82) is 0 Å². The molecule has 2 amide bonds. The number of hydrogen-bond donors (Lipinski definition) is 1. The number of ether oxygens (including phenoxy) is 1. The van der Waals surface area contributed by atoms with Crippen molar-refractivity contribution < 1.29 is 14.3 Å². The number of hydrogen-bond acceptors (Lipinski definition) is 5. The number of pyridine rings is 1. The molecule has 2 heterocycles. The second kappa shape index (κ2) is 8.73. The van der Waals surface area contributed by atoms with Gasteiger partial charge in [0.05, 0.1) is 12.2 Å². The predicted molar refractivity (Wildman–Crippen MR) is 109 cm³/mol. The van der Waals surface area contributed by atoms with Gasteiger partial charge in [0.25, 0.3) is 5.91 Å². The fourth-order valence-corrected chi connectivity index (χ4v) is 3.12. The zero-order valence-corrected chi connectivity index (χ0v) is 16.6. The molecule has 0 spiro atoms. The van der Waals surface area contributed by atoms with E-state index in [1.54, 1.807) is 24.1 Å². The lowest BCUT2D eigenvalue weighted by Gasteiger charge is -2.34. The van der Waals surface area contributed by atoms with Crippen LogP contribution in [0, 0.1) is 13.8 Å². The van der Waals surface area contributed by atoms with Gasteiger partial charge in [-0.05, 0) is 50.1 Å². The third-order valence-electron chi connectivity index (χ3n) is 4.99. The van der Waals surface area contributed by atoms with Crippen molar-refractivity contribution in [3.63, 3.8) is 0 Å². The summed E-state index contributed by atoms with van der Waals surface area (Å²) in [6.45, 7) is 8.73. The number of aryl methyl sites for hydroxylation is 1. The first-order valence-electron chi connectivity index (χ1n) is 9.50. The summed E-state index contributed by atoms with van der Waals surface area (Å²) in [6, 6.07) is 9.46. The summed E-state index contributed by atoms with van der Waals surface area (Å²) in [7, 11) is 0. The molecule has 1 N–H and O–H groups in total. The molecular formula is C21H26N4O3. The third kappa shape index (κ3) is 4.42. The Labute approximate surface area is 165 Å². The average molecular weight is 382 g/mol. The van der Waals surface area contributed by atoms with Crippen molar-refractivity contribution >= 4 is 23.5 Å². The molecule has 3 rings (SSSR count). The summed E-state index contributed by atoms with van der Waals surface area (Å²) in [6.07, 6.45) is 1.32. The SMILES string of the molecule is CCOC(=O)N1CCN(c2ccc(C(=O)Nc3cccc(C)c3C)cn2)CC1. The van der Waals surface area contributed by atoms with E-state index in [4.69, 9.17) is 4.74 Å². The van der Waals surface area contributed by atoms with Crippen LogP contribution in [0.4, 0.5) is 16.3 Å². The smallest absolute Gasteiger partial charge is 0.409 e. The Hall–Kier alpha value is -3.09. The van der Waals surface area contributed by atoms with Crippen LogP contribution >= 0.6 is 0 Å². The maximum absolute atomic E-state index is 12.5. The minimum atomic E-state index is -0.270. The molecule has 0 aliphatic carbocycles. The molecule has 28 heavy (non-hydrogen) atoms. The molecule has 0 bridgehead atoms. The van der Waals surface area contributed by atoms with Gasteiger partial charge in [-0.3, -0.25) is 4.79 Å². The van der Waals surface area contributed by atoms with E-state index in [0.29, 0.717) is 38.3 Å². The molecule has 0 saturated carbocycles. The molecule has 0 radical (unpaired) electrons. The normalized spacial score (nSPS) is 14.0. The fourth-order valence-electron chi connectivity index (χ4n) is 3.12. The van der Waals surface area contributed by atoms with Gasteiger partial charge in [-0.1, -0.05) is 12.1 Å². The van der Waals surface area contributed by atoms with Gasteiger partial charge in [-0.25, -0.2) is 9.78 Å². The molecule has 0 unspecified atom stereocenters. The standard InChI is InChI=1S/C21H26N4O3/c1-4-28-21(27)25-12-10-24(11-13-25)19-9-8-17(14-22-19)20(26)23-18-7-5-6-15(2)16(18)3/h5-9,14H,4,10-13H2,1-3H3,(H,23,26). The van der Waals surface area contributed by atoms with Crippen LogP contribution in [-0.4, -0.2) is 54.7 Å². The first-order chi connectivity index (χ1) is 13.5. The van der Waals surface area contributed by atoms with E-state index in [1.165, 1.54) is 0 Å². The number of carbonyl (C=O) groups excluding carboxylic acids is 2. The lowest BCUT2D eigenvalue weighted by atomic mass is 10.1. The highest BCUT2D eigenvalue weighted by atomic mass is 16.6. The van der Waals surface area contributed by atoms with Crippen LogP contribution < -0.4 is 10.2 Å². The van der Waals surface area contributed by atoms with Gasteiger partial charge < -0.3 is 19.9 Å². The average Bonchev–Trinajstić information content (AvgIpc) is 2.72. The van der Waals surface area contributed by atoms with E-state index in [2.05, 4.69) is 15.2 Å². The molecule has 7 heteroatoms. The zero-order chi connectivity index (χ0) is 20.1. The van der Waals surface area contributed by atoms with E-state index < -0.39 is 0 Å². The maximum Gasteiger partial charge on any atom is 0.409 e. The van der Waals surface area contributed by atoms with Crippen LogP contribution in [0.15, 0.2) is 36.5 Å². The Bertz CT molecular complexity index is 843. The van der Waals surface area contributed by atoms with Gasteiger partial charge in [-0.2, -0.15) is 0 Å². The molecule has 1 fully saturated rings. The van der Waals surface area contributed by atoms with Crippen LogP contribution in [0.2, 0.25) is 0 Å². The number of rotatable bonds is 4. The van der Waals surface area contributed by atoms with Crippen LogP contribution in [0.3, 0.4) is 0 Å². The lowest BCUT2D eigenvalue weighted by molar-refractivity contribution is 0.102. The van der Waals surface area contributed by atoms with Crippen LogP contribution in [-0.2, 0) is 4.74 Å². The molecule has 1 aliphatic heterocycles. The Kier molecular flexibility index (Phi) is 6.13. The van der Waals surface area contributed by atoms with Crippen molar-refractivity contribution in [2.24, 2.45) is 0 Å². The van der Waals surface area contributed by atoms with E-state index >= 15 is 0 Å². The Morgan fingerprint density at radius 3 is 2.50 bits per heavy atom. The van der Waals surface area contributed by atoms with Crippen molar-refractivity contribution in [2.45, 2.75) is 20.8 Å². The van der Waals surface area contributed by atoms with E-state index in [1.807, 2.05) is 38.1 Å². The fraction of sp³-hybridized carbons (Fsp3) is 0.381. The van der Waals surface area contributed by atoms with Crippen LogP contribution in [0.1, 0.15) is 28.4 Å². The predicted octanol–water partition coefficient (Wildman–Crippen LogP) is 3.23. The number of benzene rings is 1. The molecule has 1 aliphatic rings. The third-order valence-corrected chi connectivity index (χ3v) is 4.99. The summed E-state index contributed by atoms with van der Waals surface area (Å²) >= 11 is 0. The van der Waals surface area contributed by atoms with Crippen molar-refractivity contribution in [3.05, 3.63) is 53.2 Å². The summed E-state index contributed by atoms with van der Waals surface area (Å²) in [5, 5.41) is 2.95. The van der Waals surface area contributed by atoms with E-state index in [-0.39, 0.29) is 12.0 Å². The minimum Gasteiger partial charge on any atom is -0.450 e. The number of anilines is 2. The zero-order valence-electron chi connectivity index (χ0n) is 16.6. The highest BCUT2D eigenvalue weighted by Crippen LogP contribution is 2.20. The van der Waals surface area contributed by atoms with E-state index in [0.717, 1.165) is 22.6 Å². The molecule has 1 aromatic heterocycles. The Morgan fingerprint density at radius 2 is 1.86 bits per heavy atom. The largest absolute Gasteiger partial charge is 0.450 e.